The van der Waals surface area contributed by atoms with Crippen molar-refractivity contribution in [2.24, 2.45) is 0 Å². The number of aliphatic hydroxyl groups is 1. The fraction of sp³-hybridized carbons (Fsp3) is 0.250. The second kappa shape index (κ2) is 8.80. The summed E-state index contributed by atoms with van der Waals surface area (Å²) in [7, 11) is 1.24. The van der Waals surface area contributed by atoms with Gasteiger partial charge in [0, 0.05) is 24.8 Å². The smallest absolute Gasteiger partial charge is 0.357 e. The Balaban J connectivity index is 2.62. The summed E-state index contributed by atoms with van der Waals surface area (Å²) in [5.41, 5.74) is 1.05. The number of hydrogen-bond acceptors (Lipinski definition) is 5. The lowest BCUT2D eigenvalue weighted by molar-refractivity contribution is 0.0583. The number of hydrogen-bond donors (Lipinski definition) is 1. The maximum absolute atomic E-state index is 13.0. The molecule has 0 fully saturated rings. The van der Waals surface area contributed by atoms with Gasteiger partial charge in [0.15, 0.2) is 5.69 Å². The molecule has 1 N–H and O–H groups in total. The molecule has 0 saturated heterocycles. The van der Waals surface area contributed by atoms with E-state index in [-0.39, 0.29) is 22.9 Å². The molecule has 6 heteroatoms. The Kier molecular flexibility index (Phi) is 6.49. The first-order valence-corrected chi connectivity index (χ1v) is 8.36. The zero-order chi connectivity index (χ0) is 19.1. The molecular formula is C20H22N2O4. The van der Waals surface area contributed by atoms with Crippen molar-refractivity contribution in [3.05, 3.63) is 65.0 Å². The van der Waals surface area contributed by atoms with Crippen LogP contribution in [0.3, 0.4) is 0 Å². The standard InChI is InChI=1S/C20H22N2O4/c1-4-22(5-2)19(24)17-15(11-12-21-18(17)20(25)26-3)13-16(23)14-9-7-6-8-10-14/h6-13,23H,4-5H2,1-3H3. The molecule has 2 aromatic rings. The number of amides is 1. The Labute approximate surface area is 152 Å². The highest BCUT2D eigenvalue weighted by molar-refractivity contribution is 6.07. The maximum Gasteiger partial charge on any atom is 0.357 e. The van der Waals surface area contributed by atoms with Gasteiger partial charge in [0.05, 0.1) is 12.7 Å². The van der Waals surface area contributed by atoms with Crippen molar-refractivity contribution in [2.45, 2.75) is 13.8 Å². The van der Waals surface area contributed by atoms with Crippen molar-refractivity contribution in [1.82, 2.24) is 9.88 Å². The molecule has 0 aliphatic rings. The van der Waals surface area contributed by atoms with Crippen molar-refractivity contribution in [3.8, 4) is 0 Å². The number of rotatable bonds is 6. The molecule has 0 aliphatic heterocycles. The number of aromatic nitrogens is 1. The van der Waals surface area contributed by atoms with E-state index in [9.17, 15) is 14.7 Å². The molecule has 1 aromatic carbocycles. The van der Waals surface area contributed by atoms with Crippen LogP contribution in [0.1, 0.15) is 45.8 Å². The van der Waals surface area contributed by atoms with Crippen LogP contribution >= 0.6 is 0 Å². The highest BCUT2D eigenvalue weighted by Gasteiger charge is 2.25. The van der Waals surface area contributed by atoms with E-state index in [1.54, 1.807) is 35.2 Å². The van der Waals surface area contributed by atoms with Gasteiger partial charge in [-0.15, -0.1) is 0 Å². The molecule has 26 heavy (non-hydrogen) atoms. The number of carbonyl (C=O) groups excluding carboxylic acids is 2. The van der Waals surface area contributed by atoms with Crippen molar-refractivity contribution in [3.63, 3.8) is 0 Å². The van der Waals surface area contributed by atoms with Gasteiger partial charge in [-0.1, -0.05) is 30.3 Å². The number of aliphatic hydroxyl groups excluding tert-OH is 1. The van der Waals surface area contributed by atoms with E-state index in [4.69, 9.17) is 4.74 Å². The molecule has 0 aliphatic carbocycles. The first kappa shape index (κ1) is 19.2. The number of methoxy groups -OCH3 is 1. The van der Waals surface area contributed by atoms with Gasteiger partial charge < -0.3 is 14.7 Å². The normalized spacial score (nSPS) is 11.1. The van der Waals surface area contributed by atoms with E-state index in [0.29, 0.717) is 24.2 Å². The van der Waals surface area contributed by atoms with E-state index in [1.165, 1.54) is 19.4 Å². The molecule has 0 spiro atoms. The molecule has 0 atom stereocenters. The number of pyridine rings is 1. The first-order chi connectivity index (χ1) is 12.5. The predicted molar refractivity (Wildman–Crippen MR) is 99.8 cm³/mol. The summed E-state index contributed by atoms with van der Waals surface area (Å²) in [6.07, 6.45) is 2.87. The van der Waals surface area contributed by atoms with Crippen molar-refractivity contribution in [2.75, 3.05) is 20.2 Å². The molecule has 1 aromatic heterocycles. The van der Waals surface area contributed by atoms with Gasteiger partial charge in [-0.2, -0.15) is 0 Å². The van der Waals surface area contributed by atoms with Gasteiger partial charge in [0.2, 0.25) is 0 Å². The van der Waals surface area contributed by atoms with Crippen molar-refractivity contribution < 1.29 is 19.4 Å². The van der Waals surface area contributed by atoms with Gasteiger partial charge in [-0.25, -0.2) is 9.78 Å². The Bertz CT molecular complexity index is 812. The molecule has 6 nitrogen and oxygen atoms in total. The van der Waals surface area contributed by atoms with Crippen molar-refractivity contribution >= 4 is 23.7 Å². The Morgan fingerprint density at radius 2 is 1.81 bits per heavy atom. The van der Waals surface area contributed by atoms with E-state index in [1.807, 2.05) is 19.9 Å². The van der Waals surface area contributed by atoms with Crippen LogP contribution in [0.25, 0.3) is 11.8 Å². The highest BCUT2D eigenvalue weighted by Crippen LogP contribution is 2.22. The van der Waals surface area contributed by atoms with Crippen LogP contribution in [-0.4, -0.2) is 47.1 Å². The first-order valence-electron chi connectivity index (χ1n) is 8.36. The van der Waals surface area contributed by atoms with E-state index < -0.39 is 5.97 Å². The summed E-state index contributed by atoms with van der Waals surface area (Å²) in [6, 6.07) is 10.5. The Hall–Kier alpha value is -3.15. The zero-order valence-electron chi connectivity index (χ0n) is 15.1. The zero-order valence-corrected chi connectivity index (χ0v) is 15.1. The summed E-state index contributed by atoms with van der Waals surface area (Å²) in [5, 5.41) is 10.4. The van der Waals surface area contributed by atoms with Crippen LogP contribution in [0.4, 0.5) is 0 Å². The maximum atomic E-state index is 13.0. The fourth-order valence-electron chi connectivity index (χ4n) is 2.58. The average molecular weight is 354 g/mol. The monoisotopic (exact) mass is 354 g/mol. The summed E-state index contributed by atoms with van der Waals surface area (Å²) < 4.78 is 4.76. The van der Waals surface area contributed by atoms with E-state index in [0.717, 1.165) is 0 Å². The molecule has 0 unspecified atom stereocenters. The molecule has 1 heterocycles. The lowest BCUT2D eigenvalue weighted by Crippen LogP contribution is -2.32. The third kappa shape index (κ3) is 4.08. The molecule has 0 saturated carbocycles. The molecule has 136 valence electrons. The largest absolute Gasteiger partial charge is 0.507 e. The van der Waals surface area contributed by atoms with Crippen LogP contribution in [0, 0.1) is 0 Å². The van der Waals surface area contributed by atoms with E-state index in [2.05, 4.69) is 4.98 Å². The highest BCUT2D eigenvalue weighted by atomic mass is 16.5. The third-order valence-electron chi connectivity index (χ3n) is 3.99. The van der Waals surface area contributed by atoms with Gasteiger partial charge in [0.1, 0.15) is 5.76 Å². The summed E-state index contributed by atoms with van der Waals surface area (Å²) in [5.74, 6) is -1.05. The van der Waals surface area contributed by atoms with Gasteiger partial charge >= 0.3 is 5.97 Å². The van der Waals surface area contributed by atoms with Gasteiger partial charge in [-0.3, -0.25) is 4.79 Å². The number of nitrogens with zero attached hydrogens (tertiary/aromatic N) is 2. The lowest BCUT2D eigenvalue weighted by atomic mass is 10.0. The third-order valence-corrected chi connectivity index (χ3v) is 3.99. The molecule has 0 radical (unpaired) electrons. The topological polar surface area (TPSA) is 79.7 Å². The summed E-state index contributed by atoms with van der Waals surface area (Å²) in [4.78, 5) is 30.7. The molecule has 2 rings (SSSR count). The number of benzene rings is 1. The molecular weight excluding hydrogens is 332 g/mol. The van der Waals surface area contributed by atoms with Gasteiger partial charge in [0.25, 0.3) is 5.91 Å². The second-order valence-electron chi connectivity index (χ2n) is 5.49. The van der Waals surface area contributed by atoms with Crippen LogP contribution in [0.2, 0.25) is 0 Å². The van der Waals surface area contributed by atoms with E-state index >= 15 is 0 Å². The van der Waals surface area contributed by atoms with Crippen LogP contribution in [0.5, 0.6) is 0 Å². The Morgan fingerprint density at radius 1 is 1.15 bits per heavy atom. The van der Waals surface area contributed by atoms with Gasteiger partial charge in [-0.05, 0) is 31.6 Å². The predicted octanol–water partition coefficient (Wildman–Crippen LogP) is 3.41. The average Bonchev–Trinajstić information content (AvgIpc) is 2.68. The molecule has 0 bridgehead atoms. The fourth-order valence-corrected chi connectivity index (χ4v) is 2.58. The number of ether oxygens (including phenoxy) is 1. The minimum atomic E-state index is -0.699. The Morgan fingerprint density at radius 3 is 2.38 bits per heavy atom. The lowest BCUT2D eigenvalue weighted by Gasteiger charge is -2.21. The number of carbonyl (C=O) groups is 2. The molecule has 1 amide bonds. The van der Waals surface area contributed by atoms with Crippen molar-refractivity contribution in [1.29, 1.82) is 0 Å². The number of esters is 1. The minimum absolute atomic E-state index is 0.0128. The SMILES string of the molecule is CCN(CC)C(=O)c1c(C=C(O)c2ccccc2)ccnc1C(=O)OC. The minimum Gasteiger partial charge on any atom is -0.507 e. The quantitative estimate of drug-likeness (QED) is 0.635. The van der Waals surface area contributed by atoms with Crippen LogP contribution in [0.15, 0.2) is 42.6 Å². The van der Waals surface area contributed by atoms with Crippen LogP contribution in [-0.2, 0) is 4.74 Å². The summed E-state index contributed by atoms with van der Waals surface area (Å²) >= 11 is 0. The second-order valence-corrected chi connectivity index (χ2v) is 5.49. The van der Waals surface area contributed by atoms with Crippen LogP contribution < -0.4 is 0 Å². The summed E-state index contributed by atoms with van der Waals surface area (Å²) in [6.45, 7) is 4.68.